The summed E-state index contributed by atoms with van der Waals surface area (Å²) in [5.74, 6) is -0.199. The lowest BCUT2D eigenvalue weighted by atomic mass is 10.2. The summed E-state index contributed by atoms with van der Waals surface area (Å²) in [6.07, 6.45) is 2.94. The van der Waals surface area contributed by atoms with E-state index in [1.807, 2.05) is 19.1 Å². The molecule has 0 bridgehead atoms. The summed E-state index contributed by atoms with van der Waals surface area (Å²) >= 11 is 0. The molecule has 1 aromatic heterocycles. The Kier molecular flexibility index (Phi) is 2.68. The number of hydrogen-bond acceptors (Lipinski definition) is 3. The highest BCUT2D eigenvalue weighted by Gasteiger charge is 2.49. The van der Waals surface area contributed by atoms with Gasteiger partial charge in [0.2, 0.25) is 0 Å². The standard InChI is InChI=1S/C12H16N2O2/c1-9-3-4-10(13-7-9)8-14(2)11(15)12(16)5-6-12/h3-4,7,16H,5-6,8H2,1-2H3. The van der Waals surface area contributed by atoms with Gasteiger partial charge < -0.3 is 10.0 Å². The number of rotatable bonds is 3. The zero-order chi connectivity index (χ0) is 11.8. The van der Waals surface area contributed by atoms with Gasteiger partial charge in [-0.05, 0) is 31.4 Å². The SMILES string of the molecule is Cc1ccc(CN(C)C(=O)C2(O)CC2)nc1. The zero-order valence-corrected chi connectivity index (χ0v) is 9.60. The van der Waals surface area contributed by atoms with Gasteiger partial charge in [-0.2, -0.15) is 0 Å². The van der Waals surface area contributed by atoms with Crippen molar-refractivity contribution in [2.24, 2.45) is 0 Å². The first-order chi connectivity index (χ1) is 7.51. The van der Waals surface area contributed by atoms with E-state index in [-0.39, 0.29) is 5.91 Å². The molecular formula is C12H16N2O2. The third-order valence-electron chi connectivity index (χ3n) is 2.84. The van der Waals surface area contributed by atoms with Crippen LogP contribution in [0.2, 0.25) is 0 Å². The predicted molar refractivity (Wildman–Crippen MR) is 59.6 cm³/mol. The molecule has 86 valence electrons. The first-order valence-corrected chi connectivity index (χ1v) is 5.41. The molecule has 0 saturated heterocycles. The van der Waals surface area contributed by atoms with Crippen LogP contribution in [0.4, 0.5) is 0 Å². The van der Waals surface area contributed by atoms with Crippen LogP contribution >= 0.6 is 0 Å². The molecule has 1 aliphatic carbocycles. The number of nitrogens with zero attached hydrogens (tertiary/aromatic N) is 2. The lowest BCUT2D eigenvalue weighted by Crippen LogP contribution is -2.37. The van der Waals surface area contributed by atoms with Crippen molar-refractivity contribution in [3.05, 3.63) is 29.6 Å². The fourth-order valence-corrected chi connectivity index (χ4v) is 1.59. The molecule has 1 N–H and O–H groups in total. The summed E-state index contributed by atoms with van der Waals surface area (Å²) in [6, 6.07) is 3.86. The second-order valence-corrected chi connectivity index (χ2v) is 4.52. The third kappa shape index (κ3) is 2.22. The van der Waals surface area contributed by atoms with Gasteiger partial charge in [0.15, 0.2) is 0 Å². The number of aliphatic hydroxyl groups is 1. The molecule has 1 amide bonds. The molecule has 0 radical (unpaired) electrons. The monoisotopic (exact) mass is 220 g/mol. The van der Waals surface area contributed by atoms with Crippen LogP contribution in [0.3, 0.4) is 0 Å². The smallest absolute Gasteiger partial charge is 0.254 e. The molecule has 0 aromatic carbocycles. The average Bonchev–Trinajstić information content (AvgIpc) is 3.00. The van der Waals surface area contributed by atoms with Crippen molar-refractivity contribution in [2.45, 2.75) is 31.9 Å². The number of aryl methyl sites for hydroxylation is 1. The average molecular weight is 220 g/mol. The van der Waals surface area contributed by atoms with E-state index in [1.54, 1.807) is 13.2 Å². The molecule has 2 rings (SSSR count). The molecule has 1 aliphatic rings. The fourth-order valence-electron chi connectivity index (χ4n) is 1.59. The minimum Gasteiger partial charge on any atom is -0.380 e. The highest BCUT2D eigenvalue weighted by Crippen LogP contribution is 2.36. The lowest BCUT2D eigenvalue weighted by molar-refractivity contribution is -0.141. The molecule has 1 heterocycles. The number of hydrogen-bond donors (Lipinski definition) is 1. The molecule has 4 heteroatoms. The van der Waals surface area contributed by atoms with E-state index in [0.717, 1.165) is 11.3 Å². The zero-order valence-electron chi connectivity index (χ0n) is 9.60. The fraction of sp³-hybridized carbons (Fsp3) is 0.500. The van der Waals surface area contributed by atoms with Crippen molar-refractivity contribution in [2.75, 3.05) is 7.05 Å². The number of amides is 1. The first-order valence-electron chi connectivity index (χ1n) is 5.41. The van der Waals surface area contributed by atoms with Gasteiger partial charge >= 0.3 is 0 Å². The van der Waals surface area contributed by atoms with Crippen LogP contribution < -0.4 is 0 Å². The normalized spacial score (nSPS) is 16.9. The number of pyridine rings is 1. The highest BCUT2D eigenvalue weighted by molar-refractivity contribution is 5.87. The van der Waals surface area contributed by atoms with Crippen LogP contribution in [0.15, 0.2) is 18.3 Å². The summed E-state index contributed by atoms with van der Waals surface area (Å²) in [7, 11) is 1.69. The minimum atomic E-state index is -1.08. The quantitative estimate of drug-likeness (QED) is 0.822. The van der Waals surface area contributed by atoms with E-state index in [2.05, 4.69) is 4.98 Å². The summed E-state index contributed by atoms with van der Waals surface area (Å²) < 4.78 is 0. The molecule has 0 aliphatic heterocycles. The molecular weight excluding hydrogens is 204 g/mol. The van der Waals surface area contributed by atoms with Crippen molar-refractivity contribution in [1.29, 1.82) is 0 Å². The predicted octanol–water partition coefficient (Wildman–Crippen LogP) is 0.873. The Labute approximate surface area is 94.9 Å². The van der Waals surface area contributed by atoms with E-state index in [9.17, 15) is 9.90 Å². The van der Waals surface area contributed by atoms with Crippen LogP contribution in [0.1, 0.15) is 24.1 Å². The van der Waals surface area contributed by atoms with Crippen molar-refractivity contribution in [3.63, 3.8) is 0 Å². The summed E-state index contributed by atoms with van der Waals surface area (Å²) in [6.45, 7) is 2.42. The Bertz CT molecular complexity index is 396. The van der Waals surface area contributed by atoms with Crippen molar-refractivity contribution < 1.29 is 9.90 Å². The highest BCUT2D eigenvalue weighted by atomic mass is 16.3. The number of likely N-dealkylation sites (N-methyl/N-ethyl adjacent to an activating group) is 1. The summed E-state index contributed by atoms with van der Waals surface area (Å²) in [4.78, 5) is 17.5. The number of aromatic nitrogens is 1. The van der Waals surface area contributed by atoms with Gasteiger partial charge in [-0.1, -0.05) is 6.07 Å². The maximum absolute atomic E-state index is 11.7. The molecule has 16 heavy (non-hydrogen) atoms. The minimum absolute atomic E-state index is 0.199. The molecule has 0 spiro atoms. The Morgan fingerprint density at radius 3 is 2.75 bits per heavy atom. The van der Waals surface area contributed by atoms with Gasteiger partial charge in [0.1, 0.15) is 5.60 Å². The van der Waals surface area contributed by atoms with Gasteiger partial charge in [-0.15, -0.1) is 0 Å². The topological polar surface area (TPSA) is 53.4 Å². The van der Waals surface area contributed by atoms with E-state index in [1.165, 1.54) is 4.90 Å². The molecule has 4 nitrogen and oxygen atoms in total. The van der Waals surface area contributed by atoms with Gasteiger partial charge in [-0.3, -0.25) is 9.78 Å². The van der Waals surface area contributed by atoms with Crippen LogP contribution in [0.5, 0.6) is 0 Å². The second kappa shape index (κ2) is 3.87. The van der Waals surface area contributed by atoms with Gasteiger partial charge in [0, 0.05) is 13.2 Å². The van der Waals surface area contributed by atoms with Crippen molar-refractivity contribution >= 4 is 5.91 Å². The summed E-state index contributed by atoms with van der Waals surface area (Å²) in [5, 5.41) is 9.68. The van der Waals surface area contributed by atoms with E-state index in [4.69, 9.17) is 0 Å². The molecule has 1 fully saturated rings. The Hall–Kier alpha value is -1.42. The number of carbonyl (C=O) groups is 1. The molecule has 0 unspecified atom stereocenters. The first kappa shape index (κ1) is 11.1. The largest absolute Gasteiger partial charge is 0.380 e. The van der Waals surface area contributed by atoms with Gasteiger partial charge in [-0.25, -0.2) is 0 Å². The van der Waals surface area contributed by atoms with Crippen molar-refractivity contribution in [3.8, 4) is 0 Å². The maximum atomic E-state index is 11.7. The van der Waals surface area contributed by atoms with Crippen LogP contribution in [-0.4, -0.2) is 33.5 Å². The Morgan fingerprint density at radius 1 is 1.56 bits per heavy atom. The van der Waals surface area contributed by atoms with Crippen LogP contribution in [0.25, 0.3) is 0 Å². The number of carbonyl (C=O) groups excluding carboxylic acids is 1. The van der Waals surface area contributed by atoms with E-state index >= 15 is 0 Å². The Morgan fingerprint density at radius 2 is 2.25 bits per heavy atom. The second-order valence-electron chi connectivity index (χ2n) is 4.52. The van der Waals surface area contributed by atoms with Gasteiger partial charge in [0.05, 0.1) is 12.2 Å². The molecule has 0 atom stereocenters. The molecule has 1 saturated carbocycles. The third-order valence-corrected chi connectivity index (χ3v) is 2.84. The van der Waals surface area contributed by atoms with Crippen molar-refractivity contribution in [1.82, 2.24) is 9.88 Å². The van der Waals surface area contributed by atoms with Gasteiger partial charge in [0.25, 0.3) is 5.91 Å². The van der Waals surface area contributed by atoms with E-state index < -0.39 is 5.60 Å². The van der Waals surface area contributed by atoms with E-state index in [0.29, 0.717) is 19.4 Å². The Balaban J connectivity index is 1.99. The van der Waals surface area contributed by atoms with Crippen LogP contribution in [0, 0.1) is 6.92 Å². The maximum Gasteiger partial charge on any atom is 0.254 e. The molecule has 1 aromatic rings. The summed E-state index contributed by atoms with van der Waals surface area (Å²) in [5.41, 5.74) is 0.851. The lowest BCUT2D eigenvalue weighted by Gasteiger charge is -2.19. The van der Waals surface area contributed by atoms with Crippen LogP contribution in [-0.2, 0) is 11.3 Å².